The number of amides is 1. The maximum atomic E-state index is 14.4. The fourth-order valence-corrected chi connectivity index (χ4v) is 4.45. The molecule has 10 heteroatoms. The molecule has 0 saturated carbocycles. The number of nitrogens with one attached hydrogen (secondary N) is 1. The number of nitrogens with zero attached hydrogens (tertiary/aromatic N) is 3. The van der Waals surface area contributed by atoms with Gasteiger partial charge in [-0.25, -0.2) is 8.78 Å². The molecule has 0 spiro atoms. The Morgan fingerprint density at radius 2 is 1.80 bits per heavy atom. The molecule has 1 atom stereocenters. The van der Waals surface area contributed by atoms with Gasteiger partial charge in [0.25, 0.3) is 5.91 Å². The Morgan fingerprint density at radius 1 is 1.06 bits per heavy atom. The molecule has 2 aliphatic heterocycles. The van der Waals surface area contributed by atoms with Crippen LogP contribution in [0.2, 0.25) is 0 Å². The number of ether oxygens (including phenoxy) is 2. The number of benzene rings is 2. The Balaban J connectivity index is 1.40. The number of carbonyl (C=O) groups is 1. The Kier molecular flexibility index (Phi) is 8.97. The van der Waals surface area contributed by atoms with Gasteiger partial charge in [0.15, 0.2) is 5.11 Å². The van der Waals surface area contributed by atoms with E-state index in [1.54, 1.807) is 29.2 Å². The molecule has 2 fully saturated rings. The van der Waals surface area contributed by atoms with Crippen LogP contribution in [-0.2, 0) is 9.47 Å². The van der Waals surface area contributed by atoms with Crippen LogP contribution in [0.25, 0.3) is 0 Å². The third-order valence-corrected chi connectivity index (χ3v) is 6.49. The summed E-state index contributed by atoms with van der Waals surface area (Å²) in [5.41, 5.74) is 0.747. The van der Waals surface area contributed by atoms with Crippen LogP contribution in [0.1, 0.15) is 10.4 Å². The van der Waals surface area contributed by atoms with Crippen molar-refractivity contribution in [2.45, 2.75) is 6.10 Å². The number of hydrogen-bond donors (Lipinski definition) is 1. The number of hydrogen-bond acceptors (Lipinski definition) is 5. The van der Waals surface area contributed by atoms with E-state index in [0.29, 0.717) is 63.3 Å². The summed E-state index contributed by atoms with van der Waals surface area (Å²) < 4.78 is 39.0. The third-order valence-electron chi connectivity index (χ3n) is 6.13. The summed E-state index contributed by atoms with van der Waals surface area (Å²) in [7, 11) is 0. The number of thiocarbonyl (C=S) groups is 1. The molecule has 7 nitrogen and oxygen atoms in total. The molecule has 188 valence electrons. The van der Waals surface area contributed by atoms with Crippen molar-refractivity contribution in [1.29, 1.82) is 0 Å². The summed E-state index contributed by atoms with van der Waals surface area (Å²) in [4.78, 5) is 19.2. The van der Waals surface area contributed by atoms with Crippen molar-refractivity contribution < 1.29 is 23.0 Å². The van der Waals surface area contributed by atoms with Gasteiger partial charge in [0, 0.05) is 51.5 Å². The molecule has 35 heavy (non-hydrogen) atoms. The first-order valence-corrected chi connectivity index (χ1v) is 12.2. The smallest absolute Gasteiger partial charge is 0.256 e. The zero-order valence-electron chi connectivity index (χ0n) is 19.5. The monoisotopic (exact) mass is 504 g/mol. The van der Waals surface area contributed by atoms with Crippen molar-refractivity contribution in [2.24, 2.45) is 0 Å². The van der Waals surface area contributed by atoms with Gasteiger partial charge in [-0.1, -0.05) is 12.1 Å². The van der Waals surface area contributed by atoms with Crippen molar-refractivity contribution >= 4 is 28.9 Å². The van der Waals surface area contributed by atoms with Crippen LogP contribution in [0.3, 0.4) is 0 Å². The van der Waals surface area contributed by atoms with E-state index in [9.17, 15) is 13.6 Å². The van der Waals surface area contributed by atoms with Crippen molar-refractivity contribution in [3.05, 3.63) is 65.7 Å². The van der Waals surface area contributed by atoms with Crippen LogP contribution in [0, 0.1) is 11.6 Å². The fourth-order valence-electron chi connectivity index (χ4n) is 4.16. The highest BCUT2D eigenvalue weighted by atomic mass is 32.1. The van der Waals surface area contributed by atoms with Crippen LogP contribution in [0.15, 0.2) is 48.5 Å². The molecule has 4 rings (SSSR count). The van der Waals surface area contributed by atoms with Gasteiger partial charge in [0.2, 0.25) is 0 Å². The number of halogens is 2. The van der Waals surface area contributed by atoms with Crippen molar-refractivity contribution in [3.63, 3.8) is 0 Å². The molecule has 2 aromatic carbocycles. The lowest BCUT2D eigenvalue weighted by Crippen LogP contribution is -2.52. The van der Waals surface area contributed by atoms with Gasteiger partial charge in [-0.15, -0.1) is 0 Å². The topological polar surface area (TPSA) is 57.3 Å². The predicted molar refractivity (Wildman–Crippen MR) is 133 cm³/mol. The lowest BCUT2D eigenvalue weighted by Gasteiger charge is -2.37. The standard InChI is InChI=1S/C25H30F2N4O3S/c26-19-5-7-20(8-6-19)28-25(35)31-13-16-34-21(18-31)17-30(10-9-29-11-14-33-15-12-29)24(32)22-3-1-2-4-23(22)27/h1-8,21H,9-18H2,(H,28,35)/t21-/m1/s1. The quantitative estimate of drug-likeness (QED) is 0.582. The van der Waals surface area contributed by atoms with Gasteiger partial charge in [-0.2, -0.15) is 0 Å². The third kappa shape index (κ3) is 7.17. The lowest BCUT2D eigenvalue weighted by atomic mass is 10.1. The van der Waals surface area contributed by atoms with Crippen LogP contribution in [0.4, 0.5) is 14.5 Å². The average molecular weight is 505 g/mol. The Hall–Kier alpha value is -2.66. The molecule has 2 aromatic rings. The normalized spacial score (nSPS) is 18.8. The number of anilines is 1. The van der Waals surface area contributed by atoms with Crippen molar-refractivity contribution in [2.75, 3.05) is 71.0 Å². The van der Waals surface area contributed by atoms with E-state index in [-0.39, 0.29) is 23.4 Å². The van der Waals surface area contributed by atoms with Gasteiger partial charge in [0.1, 0.15) is 11.6 Å². The molecule has 0 aliphatic carbocycles. The first-order valence-electron chi connectivity index (χ1n) is 11.8. The second kappa shape index (κ2) is 12.3. The predicted octanol–water partition coefficient (Wildman–Crippen LogP) is 2.84. The highest BCUT2D eigenvalue weighted by molar-refractivity contribution is 7.80. The Labute approximate surface area is 209 Å². The van der Waals surface area contributed by atoms with Crippen LogP contribution >= 0.6 is 12.2 Å². The highest BCUT2D eigenvalue weighted by Gasteiger charge is 2.28. The van der Waals surface area contributed by atoms with Crippen molar-refractivity contribution in [1.82, 2.24) is 14.7 Å². The molecular formula is C25H30F2N4O3S. The second-order valence-electron chi connectivity index (χ2n) is 8.56. The van der Waals surface area contributed by atoms with Gasteiger partial charge < -0.3 is 24.6 Å². The van der Waals surface area contributed by atoms with E-state index in [1.165, 1.54) is 24.3 Å². The zero-order valence-corrected chi connectivity index (χ0v) is 20.3. The number of rotatable bonds is 7. The zero-order chi connectivity index (χ0) is 24.6. The lowest BCUT2D eigenvalue weighted by molar-refractivity contribution is -0.0229. The highest BCUT2D eigenvalue weighted by Crippen LogP contribution is 2.15. The molecule has 2 aliphatic rings. The van der Waals surface area contributed by atoms with Crippen LogP contribution in [0.5, 0.6) is 0 Å². The Morgan fingerprint density at radius 3 is 2.54 bits per heavy atom. The molecule has 2 heterocycles. The first-order chi connectivity index (χ1) is 17.0. The minimum Gasteiger partial charge on any atom is -0.379 e. The van der Waals surface area contributed by atoms with E-state index in [1.807, 2.05) is 4.90 Å². The minimum absolute atomic E-state index is 0.0515. The summed E-state index contributed by atoms with van der Waals surface area (Å²) in [6, 6.07) is 12.0. The summed E-state index contributed by atoms with van der Waals surface area (Å²) in [5.74, 6) is -1.21. The first kappa shape index (κ1) is 25.4. The minimum atomic E-state index is -0.537. The summed E-state index contributed by atoms with van der Waals surface area (Å²) in [6.07, 6.45) is -0.294. The van der Waals surface area contributed by atoms with Gasteiger partial charge >= 0.3 is 0 Å². The summed E-state index contributed by atoms with van der Waals surface area (Å²) in [6.45, 7) is 5.90. The van der Waals surface area contributed by atoms with E-state index in [0.717, 1.165) is 13.1 Å². The Bertz CT molecular complexity index is 1000. The molecule has 0 radical (unpaired) electrons. The van der Waals surface area contributed by atoms with Gasteiger partial charge in [0.05, 0.1) is 31.5 Å². The molecule has 0 aromatic heterocycles. The molecule has 1 N–H and O–H groups in total. The van der Waals surface area contributed by atoms with Gasteiger partial charge in [-0.3, -0.25) is 9.69 Å². The fraction of sp³-hybridized carbons (Fsp3) is 0.440. The van der Waals surface area contributed by atoms with E-state index < -0.39 is 5.82 Å². The SMILES string of the molecule is O=C(c1ccccc1F)N(CCN1CCOCC1)C[C@@H]1CN(C(=S)Nc2ccc(F)cc2)CCO1. The van der Waals surface area contributed by atoms with E-state index in [2.05, 4.69) is 10.2 Å². The number of carbonyl (C=O) groups excluding carboxylic acids is 1. The molecular weight excluding hydrogens is 474 g/mol. The molecule has 2 saturated heterocycles. The molecule has 0 bridgehead atoms. The van der Waals surface area contributed by atoms with Crippen molar-refractivity contribution in [3.8, 4) is 0 Å². The molecule has 1 amide bonds. The summed E-state index contributed by atoms with van der Waals surface area (Å²) in [5, 5.41) is 3.63. The van der Waals surface area contributed by atoms with Gasteiger partial charge in [-0.05, 0) is 48.6 Å². The second-order valence-corrected chi connectivity index (χ2v) is 8.95. The maximum Gasteiger partial charge on any atom is 0.256 e. The van der Waals surface area contributed by atoms with E-state index >= 15 is 0 Å². The van der Waals surface area contributed by atoms with E-state index in [4.69, 9.17) is 21.7 Å². The number of morpholine rings is 2. The average Bonchev–Trinajstić information content (AvgIpc) is 2.88. The molecule has 0 unspecified atom stereocenters. The maximum absolute atomic E-state index is 14.4. The largest absolute Gasteiger partial charge is 0.379 e. The van der Waals surface area contributed by atoms with Crippen LogP contribution in [-0.4, -0.2) is 97.5 Å². The summed E-state index contributed by atoms with van der Waals surface area (Å²) >= 11 is 5.55. The van der Waals surface area contributed by atoms with Crippen LogP contribution < -0.4 is 5.32 Å².